The lowest BCUT2D eigenvalue weighted by Crippen LogP contribution is -2.59. The molecule has 0 aliphatic heterocycles. The Hall–Kier alpha value is -3.99. The van der Waals surface area contributed by atoms with Crippen molar-refractivity contribution in [3.05, 3.63) is 0 Å². The zero-order chi connectivity index (χ0) is 40.2. The average molecular weight is 772 g/mol. The second kappa shape index (κ2) is 29.5. The highest BCUT2D eigenvalue weighted by Crippen LogP contribution is 2.11. The van der Waals surface area contributed by atoms with Crippen LogP contribution in [-0.4, -0.2) is 96.8 Å². The lowest BCUT2D eigenvalue weighted by atomic mass is 9.99. The van der Waals surface area contributed by atoms with Gasteiger partial charge in [-0.15, -0.1) is 11.6 Å². The van der Waals surface area contributed by atoms with Crippen LogP contribution in [0.15, 0.2) is 9.98 Å². The normalized spacial score (nSPS) is 13.2. The molecule has 4 atom stereocenters. The number of unbranched alkanes of at least 4 members (excludes halogenated alkanes) is 7. The van der Waals surface area contributed by atoms with E-state index in [9.17, 15) is 28.8 Å². The molecule has 0 saturated carbocycles. The number of hydrogen-bond donors (Lipinski definition) is 9. The zero-order valence-electron chi connectivity index (χ0n) is 31.9. The number of guanidine groups is 2. The summed E-state index contributed by atoms with van der Waals surface area (Å²) in [5.41, 5.74) is 27.3. The van der Waals surface area contributed by atoms with Gasteiger partial charge in [0.1, 0.15) is 18.1 Å². The number of amides is 4. The molecule has 0 spiro atoms. The molecule has 18 heteroatoms. The van der Waals surface area contributed by atoms with Crippen molar-refractivity contribution in [2.45, 2.75) is 141 Å². The number of nitrogens with zero attached hydrogens (tertiary/aromatic N) is 2. The standard InChI is InChI=1S/C35H66ClN11O6/c1-4-5-6-7-8-9-10-18-28(49)44-25(17-14-21-43-35(40)41)32(52)47-29(23(2)3)33(53)46-26(15-11-12-19-37)31(51)45-24(30(50)27(48)22-36)16-13-20-42-34(38)39/h23-26,29H,4-22,37H2,1-3H3,(H,44,49)(H,45,51)(H,46,53)(H,47,52)(H4,38,39,42)(H4,40,41,43)/t24-,25-,26-,29-/m0/s1. The summed E-state index contributed by atoms with van der Waals surface area (Å²) in [6, 6.07) is -4.43. The first kappa shape index (κ1) is 49.0. The number of Topliss-reactive ketones (excluding diaryl/α,β-unsaturated/α-hetero) is 2. The number of carbonyl (C=O) groups excluding carboxylic acids is 6. The number of alkyl halides is 1. The lowest BCUT2D eigenvalue weighted by Gasteiger charge is -2.28. The third-order valence-electron chi connectivity index (χ3n) is 8.41. The fourth-order valence-electron chi connectivity index (χ4n) is 5.40. The van der Waals surface area contributed by atoms with Crippen LogP contribution in [0, 0.1) is 5.92 Å². The van der Waals surface area contributed by atoms with Crippen LogP contribution in [0.1, 0.15) is 117 Å². The van der Waals surface area contributed by atoms with Crippen LogP contribution in [0.4, 0.5) is 0 Å². The van der Waals surface area contributed by atoms with Gasteiger partial charge >= 0.3 is 0 Å². The van der Waals surface area contributed by atoms with Gasteiger partial charge in [-0.3, -0.25) is 38.8 Å². The van der Waals surface area contributed by atoms with E-state index in [-0.39, 0.29) is 63.0 Å². The largest absolute Gasteiger partial charge is 0.370 e. The number of ketones is 2. The van der Waals surface area contributed by atoms with Crippen LogP contribution in [0.5, 0.6) is 0 Å². The molecule has 17 nitrogen and oxygen atoms in total. The van der Waals surface area contributed by atoms with Crippen LogP contribution >= 0.6 is 11.6 Å². The highest BCUT2D eigenvalue weighted by Gasteiger charge is 2.33. The number of aliphatic imine (C=N–C) groups is 2. The van der Waals surface area contributed by atoms with Gasteiger partial charge in [0.15, 0.2) is 11.9 Å². The van der Waals surface area contributed by atoms with Gasteiger partial charge in [-0.2, -0.15) is 0 Å². The molecule has 0 saturated heterocycles. The second-order valence-corrected chi connectivity index (χ2v) is 13.7. The topological polar surface area (TPSA) is 305 Å². The van der Waals surface area contributed by atoms with Crippen molar-refractivity contribution >= 4 is 58.7 Å². The molecule has 14 N–H and O–H groups in total. The number of halogens is 1. The van der Waals surface area contributed by atoms with E-state index in [1.165, 1.54) is 12.8 Å². The van der Waals surface area contributed by atoms with E-state index in [1.807, 2.05) is 0 Å². The summed E-state index contributed by atoms with van der Waals surface area (Å²) in [6.45, 7) is 6.34. The molecule has 0 radical (unpaired) electrons. The molecule has 0 unspecified atom stereocenters. The van der Waals surface area contributed by atoms with Gasteiger partial charge < -0.3 is 49.9 Å². The summed E-state index contributed by atoms with van der Waals surface area (Å²) in [4.78, 5) is 86.6. The summed E-state index contributed by atoms with van der Waals surface area (Å²) in [5, 5.41) is 10.9. The van der Waals surface area contributed by atoms with Crippen LogP contribution in [-0.2, 0) is 28.8 Å². The highest BCUT2D eigenvalue weighted by molar-refractivity contribution is 6.48. The molecular weight excluding hydrogens is 706 g/mol. The monoisotopic (exact) mass is 771 g/mol. The van der Waals surface area contributed by atoms with Crippen molar-refractivity contribution in [1.29, 1.82) is 0 Å². The van der Waals surface area contributed by atoms with Gasteiger partial charge in [-0.25, -0.2) is 0 Å². The molecule has 0 aromatic heterocycles. The third kappa shape index (κ3) is 23.3. The quantitative estimate of drug-likeness (QED) is 0.0152. The first-order valence-electron chi connectivity index (χ1n) is 18.8. The lowest BCUT2D eigenvalue weighted by molar-refractivity contribution is -0.138. The van der Waals surface area contributed by atoms with Gasteiger partial charge in [0.05, 0.1) is 11.9 Å². The van der Waals surface area contributed by atoms with Gasteiger partial charge in [-0.05, 0) is 63.8 Å². The Morgan fingerprint density at radius 2 is 1.09 bits per heavy atom. The van der Waals surface area contributed by atoms with Crippen molar-refractivity contribution in [3.63, 3.8) is 0 Å². The van der Waals surface area contributed by atoms with E-state index >= 15 is 0 Å². The first-order chi connectivity index (χ1) is 25.2. The van der Waals surface area contributed by atoms with Gasteiger partial charge in [-0.1, -0.05) is 59.3 Å². The van der Waals surface area contributed by atoms with E-state index in [1.54, 1.807) is 13.8 Å². The van der Waals surface area contributed by atoms with Gasteiger partial charge in [0.2, 0.25) is 35.2 Å². The fourth-order valence-corrected chi connectivity index (χ4v) is 5.53. The van der Waals surface area contributed by atoms with Crippen molar-refractivity contribution in [1.82, 2.24) is 21.3 Å². The number of nitrogens with one attached hydrogen (secondary N) is 4. The molecular formula is C35H66ClN11O6. The minimum absolute atomic E-state index is 0.0351. The molecule has 0 rings (SSSR count). The summed E-state index contributed by atoms with van der Waals surface area (Å²) in [6.07, 6.45) is 9.58. The number of carbonyl (C=O) groups is 6. The SMILES string of the molecule is CCCCCCCCCC(=O)N[C@@H](CCCN=C(N)N)C(=O)N[C@H](C(=O)N[C@@H](CCCCN)C(=O)N[C@@H](CCCN=C(N)N)C(=O)C(=O)CCl)C(C)C. The van der Waals surface area contributed by atoms with Gasteiger partial charge in [0, 0.05) is 19.5 Å². The molecule has 0 heterocycles. The fraction of sp³-hybridized carbons (Fsp3) is 0.771. The van der Waals surface area contributed by atoms with E-state index in [2.05, 4.69) is 38.2 Å². The van der Waals surface area contributed by atoms with Crippen molar-refractivity contribution in [2.75, 3.05) is 25.5 Å². The van der Waals surface area contributed by atoms with E-state index < -0.39 is 65.3 Å². The van der Waals surface area contributed by atoms with Crippen molar-refractivity contribution < 1.29 is 28.8 Å². The van der Waals surface area contributed by atoms with Crippen LogP contribution < -0.4 is 49.9 Å². The summed E-state index contributed by atoms with van der Waals surface area (Å²) in [7, 11) is 0. The maximum atomic E-state index is 13.7. The molecule has 53 heavy (non-hydrogen) atoms. The Balaban J connectivity index is 5.91. The highest BCUT2D eigenvalue weighted by atomic mass is 35.5. The Bertz CT molecular complexity index is 1190. The Kier molecular flexibility index (Phi) is 27.2. The molecule has 0 aromatic rings. The van der Waals surface area contributed by atoms with E-state index in [0.717, 1.165) is 25.7 Å². The molecule has 0 aliphatic rings. The smallest absolute Gasteiger partial charge is 0.243 e. The molecule has 0 bridgehead atoms. The van der Waals surface area contributed by atoms with Crippen LogP contribution in [0.2, 0.25) is 0 Å². The van der Waals surface area contributed by atoms with Gasteiger partial charge in [0.25, 0.3) is 0 Å². The number of nitrogens with two attached hydrogens (primary N) is 5. The zero-order valence-corrected chi connectivity index (χ0v) is 32.7. The minimum atomic E-state index is -1.23. The first-order valence-corrected chi connectivity index (χ1v) is 19.4. The van der Waals surface area contributed by atoms with Crippen molar-refractivity contribution in [2.24, 2.45) is 44.6 Å². The predicted octanol–water partition coefficient (Wildman–Crippen LogP) is 0.336. The summed E-state index contributed by atoms with van der Waals surface area (Å²) in [5.74, 6) is -5.23. The Labute approximate surface area is 319 Å². The second-order valence-electron chi connectivity index (χ2n) is 13.4. The van der Waals surface area contributed by atoms with E-state index in [4.69, 9.17) is 40.3 Å². The summed E-state index contributed by atoms with van der Waals surface area (Å²) >= 11 is 5.62. The third-order valence-corrected chi connectivity index (χ3v) is 8.65. The van der Waals surface area contributed by atoms with Crippen LogP contribution in [0.3, 0.4) is 0 Å². The Morgan fingerprint density at radius 3 is 1.62 bits per heavy atom. The molecule has 4 amide bonds. The van der Waals surface area contributed by atoms with Crippen LogP contribution in [0.25, 0.3) is 0 Å². The minimum Gasteiger partial charge on any atom is -0.370 e. The Morgan fingerprint density at radius 1 is 0.604 bits per heavy atom. The predicted molar refractivity (Wildman–Crippen MR) is 209 cm³/mol. The summed E-state index contributed by atoms with van der Waals surface area (Å²) < 4.78 is 0. The molecule has 304 valence electrons. The van der Waals surface area contributed by atoms with E-state index in [0.29, 0.717) is 32.2 Å². The number of rotatable bonds is 31. The maximum absolute atomic E-state index is 13.7. The van der Waals surface area contributed by atoms with Crippen molar-refractivity contribution in [3.8, 4) is 0 Å². The molecule has 0 fully saturated rings. The average Bonchev–Trinajstić information content (AvgIpc) is 3.10. The maximum Gasteiger partial charge on any atom is 0.243 e. The number of hydrogen-bond acceptors (Lipinski definition) is 9. The molecule has 0 aromatic carbocycles. The molecule has 0 aliphatic carbocycles.